The highest BCUT2D eigenvalue weighted by Crippen LogP contribution is 2.26. The Kier molecular flexibility index (Phi) is 3.03. The summed E-state index contributed by atoms with van der Waals surface area (Å²) in [6.45, 7) is 5.14. The summed E-state index contributed by atoms with van der Waals surface area (Å²) in [4.78, 5) is 8.07. The Hall–Kier alpha value is -0.610. The van der Waals surface area contributed by atoms with Crippen molar-refractivity contribution >= 4 is 16.5 Å². The Labute approximate surface area is 88.9 Å². The molecule has 1 atom stereocenters. The van der Waals surface area contributed by atoms with Gasteiger partial charge in [-0.05, 0) is 32.2 Å². The van der Waals surface area contributed by atoms with Crippen LogP contribution >= 0.6 is 11.3 Å². The Balaban J connectivity index is 2.04. The lowest BCUT2D eigenvalue weighted by molar-refractivity contribution is 0.423. The topological polar surface area (TPSA) is 42.2 Å². The summed E-state index contributed by atoms with van der Waals surface area (Å²) >= 11 is 1.78. The van der Waals surface area contributed by atoms with Gasteiger partial charge in [0.05, 0.1) is 0 Å². The van der Waals surface area contributed by atoms with Crippen LogP contribution in [0.15, 0.2) is 6.20 Å². The maximum absolute atomic E-state index is 5.71. The molecule has 2 heterocycles. The molecule has 1 unspecified atom stereocenters. The summed E-state index contributed by atoms with van der Waals surface area (Å²) in [5, 5.41) is 1.17. The van der Waals surface area contributed by atoms with Crippen LogP contribution in [0, 0.1) is 12.8 Å². The number of hydrogen-bond acceptors (Lipinski definition) is 4. The van der Waals surface area contributed by atoms with Gasteiger partial charge in [0, 0.05) is 24.2 Å². The van der Waals surface area contributed by atoms with Crippen molar-refractivity contribution in [2.45, 2.75) is 19.8 Å². The van der Waals surface area contributed by atoms with Crippen LogP contribution < -0.4 is 10.6 Å². The summed E-state index contributed by atoms with van der Waals surface area (Å²) in [6.07, 6.45) is 4.48. The maximum atomic E-state index is 5.71. The van der Waals surface area contributed by atoms with Gasteiger partial charge in [0.1, 0.15) is 0 Å². The Morgan fingerprint density at radius 3 is 3.21 bits per heavy atom. The molecule has 1 aliphatic rings. The normalized spacial score (nSPS) is 22.7. The second kappa shape index (κ2) is 4.28. The summed E-state index contributed by atoms with van der Waals surface area (Å²) < 4.78 is 0. The second-order valence-electron chi connectivity index (χ2n) is 3.94. The molecule has 0 amide bonds. The highest BCUT2D eigenvalue weighted by atomic mass is 32.1. The lowest BCUT2D eigenvalue weighted by Crippen LogP contribution is -2.38. The summed E-state index contributed by atoms with van der Waals surface area (Å²) in [5.41, 5.74) is 5.71. The molecule has 0 radical (unpaired) electrons. The highest BCUT2D eigenvalue weighted by molar-refractivity contribution is 7.15. The third-order valence-corrected chi connectivity index (χ3v) is 3.71. The van der Waals surface area contributed by atoms with Crippen LogP contribution in [-0.4, -0.2) is 24.6 Å². The molecule has 1 aromatic rings. The lowest BCUT2D eigenvalue weighted by Gasteiger charge is -2.31. The van der Waals surface area contributed by atoms with Crippen molar-refractivity contribution in [2.24, 2.45) is 11.7 Å². The number of aromatic nitrogens is 1. The van der Waals surface area contributed by atoms with Crippen LogP contribution in [0.5, 0.6) is 0 Å². The summed E-state index contributed by atoms with van der Waals surface area (Å²) in [6, 6.07) is 0. The van der Waals surface area contributed by atoms with Gasteiger partial charge in [-0.15, -0.1) is 11.3 Å². The average Bonchev–Trinajstić information content (AvgIpc) is 2.65. The monoisotopic (exact) mass is 211 g/mol. The highest BCUT2D eigenvalue weighted by Gasteiger charge is 2.20. The van der Waals surface area contributed by atoms with Gasteiger partial charge < -0.3 is 10.6 Å². The molecule has 1 saturated heterocycles. The molecular weight excluding hydrogens is 194 g/mol. The molecule has 0 spiro atoms. The standard InChI is InChI=1S/C10H17N3S/c1-8-6-12-10(14-8)13-4-2-3-9(5-11)7-13/h6,9H,2-5,7,11H2,1H3. The van der Waals surface area contributed by atoms with E-state index in [9.17, 15) is 0 Å². The van der Waals surface area contributed by atoms with Crippen molar-refractivity contribution in [1.29, 1.82) is 0 Å². The molecule has 3 nitrogen and oxygen atoms in total. The van der Waals surface area contributed by atoms with E-state index in [0.29, 0.717) is 5.92 Å². The van der Waals surface area contributed by atoms with E-state index in [-0.39, 0.29) is 0 Å². The van der Waals surface area contributed by atoms with Gasteiger partial charge in [0.25, 0.3) is 0 Å². The summed E-state index contributed by atoms with van der Waals surface area (Å²) in [5.74, 6) is 0.660. The van der Waals surface area contributed by atoms with Crippen LogP contribution in [0.25, 0.3) is 0 Å². The molecule has 2 rings (SSSR count). The fourth-order valence-corrected chi connectivity index (χ4v) is 2.71. The Bertz CT molecular complexity index is 297. The zero-order valence-corrected chi connectivity index (χ0v) is 9.39. The predicted octanol–water partition coefficient (Wildman–Crippen LogP) is 1.63. The zero-order valence-electron chi connectivity index (χ0n) is 8.57. The average molecular weight is 211 g/mol. The first-order valence-electron chi connectivity index (χ1n) is 5.17. The van der Waals surface area contributed by atoms with Crippen LogP contribution in [0.4, 0.5) is 5.13 Å². The van der Waals surface area contributed by atoms with E-state index in [1.165, 1.54) is 22.9 Å². The van der Waals surface area contributed by atoms with Crippen molar-refractivity contribution in [3.8, 4) is 0 Å². The molecule has 2 N–H and O–H groups in total. The minimum absolute atomic E-state index is 0.660. The van der Waals surface area contributed by atoms with E-state index in [1.807, 2.05) is 6.20 Å². The number of piperidine rings is 1. The first kappa shape index (κ1) is 9.93. The molecule has 0 saturated carbocycles. The fraction of sp³-hybridized carbons (Fsp3) is 0.700. The SMILES string of the molecule is Cc1cnc(N2CCCC(CN)C2)s1. The quantitative estimate of drug-likeness (QED) is 0.808. The zero-order chi connectivity index (χ0) is 9.97. The molecule has 0 aliphatic carbocycles. The fourth-order valence-electron chi connectivity index (χ4n) is 1.92. The number of nitrogens with two attached hydrogens (primary N) is 1. The number of rotatable bonds is 2. The molecule has 1 aliphatic heterocycles. The van der Waals surface area contributed by atoms with E-state index < -0.39 is 0 Å². The van der Waals surface area contributed by atoms with Gasteiger partial charge in [0.15, 0.2) is 5.13 Å². The summed E-state index contributed by atoms with van der Waals surface area (Å²) in [7, 11) is 0. The minimum atomic E-state index is 0.660. The van der Waals surface area contributed by atoms with Crippen LogP contribution in [-0.2, 0) is 0 Å². The van der Waals surface area contributed by atoms with Gasteiger partial charge in [-0.2, -0.15) is 0 Å². The van der Waals surface area contributed by atoms with Crippen LogP contribution in [0.1, 0.15) is 17.7 Å². The van der Waals surface area contributed by atoms with E-state index in [0.717, 1.165) is 19.6 Å². The number of nitrogens with zero attached hydrogens (tertiary/aromatic N) is 2. The molecule has 14 heavy (non-hydrogen) atoms. The molecule has 0 aromatic carbocycles. The van der Waals surface area contributed by atoms with Crippen LogP contribution in [0.2, 0.25) is 0 Å². The number of aryl methyl sites for hydroxylation is 1. The van der Waals surface area contributed by atoms with Crippen molar-refractivity contribution in [1.82, 2.24) is 4.98 Å². The molecular formula is C10H17N3S. The molecule has 0 bridgehead atoms. The van der Waals surface area contributed by atoms with E-state index in [2.05, 4.69) is 16.8 Å². The van der Waals surface area contributed by atoms with E-state index in [4.69, 9.17) is 5.73 Å². The minimum Gasteiger partial charge on any atom is -0.348 e. The molecule has 4 heteroatoms. The van der Waals surface area contributed by atoms with Gasteiger partial charge >= 0.3 is 0 Å². The number of anilines is 1. The van der Waals surface area contributed by atoms with Gasteiger partial charge in [-0.25, -0.2) is 4.98 Å². The van der Waals surface area contributed by atoms with Gasteiger partial charge in [-0.1, -0.05) is 0 Å². The first-order valence-corrected chi connectivity index (χ1v) is 5.98. The largest absolute Gasteiger partial charge is 0.348 e. The van der Waals surface area contributed by atoms with Crippen molar-refractivity contribution in [2.75, 3.05) is 24.5 Å². The first-order chi connectivity index (χ1) is 6.79. The van der Waals surface area contributed by atoms with E-state index in [1.54, 1.807) is 11.3 Å². The van der Waals surface area contributed by atoms with Gasteiger partial charge in [-0.3, -0.25) is 0 Å². The smallest absolute Gasteiger partial charge is 0.185 e. The molecule has 1 fully saturated rings. The van der Waals surface area contributed by atoms with Crippen molar-refractivity contribution < 1.29 is 0 Å². The molecule has 78 valence electrons. The van der Waals surface area contributed by atoms with Crippen molar-refractivity contribution in [3.63, 3.8) is 0 Å². The Morgan fingerprint density at radius 2 is 2.57 bits per heavy atom. The van der Waals surface area contributed by atoms with Crippen LogP contribution in [0.3, 0.4) is 0 Å². The lowest BCUT2D eigenvalue weighted by atomic mass is 9.99. The number of hydrogen-bond donors (Lipinski definition) is 1. The molecule has 1 aromatic heterocycles. The number of thiazole rings is 1. The van der Waals surface area contributed by atoms with E-state index >= 15 is 0 Å². The third kappa shape index (κ3) is 2.07. The maximum Gasteiger partial charge on any atom is 0.185 e. The third-order valence-electron chi connectivity index (χ3n) is 2.73. The Morgan fingerprint density at radius 1 is 1.71 bits per heavy atom. The van der Waals surface area contributed by atoms with Crippen molar-refractivity contribution in [3.05, 3.63) is 11.1 Å². The second-order valence-corrected chi connectivity index (χ2v) is 5.16. The predicted molar refractivity (Wildman–Crippen MR) is 60.8 cm³/mol. The van der Waals surface area contributed by atoms with Gasteiger partial charge in [0.2, 0.25) is 0 Å².